The summed E-state index contributed by atoms with van der Waals surface area (Å²) in [4.78, 5) is 15.3. The van der Waals surface area contributed by atoms with E-state index in [0.717, 1.165) is 23.4 Å². The number of carbonyl (C=O) groups is 1. The number of sulfone groups is 1. The maximum Gasteiger partial charge on any atom is 0.258 e. The molecule has 0 aliphatic carbocycles. The molecular formula is C23H29NO4S. The first-order valence-corrected chi connectivity index (χ1v) is 12.0. The molecule has 29 heavy (non-hydrogen) atoms. The largest absolute Gasteiger partial charge is 0.494 e. The van der Waals surface area contributed by atoms with Crippen molar-refractivity contribution in [3.63, 3.8) is 0 Å². The third-order valence-electron chi connectivity index (χ3n) is 5.33. The van der Waals surface area contributed by atoms with Crippen molar-refractivity contribution in [1.82, 2.24) is 0 Å². The normalized spacial score (nSPS) is 18.2. The SMILES string of the molecule is CCOc1ccc2c(c1)C(C)CC(C)(C)N2C(=O)c1ccc(CS(C)(=O)=O)cc1. The number of amides is 1. The quantitative estimate of drug-likeness (QED) is 0.718. The fraction of sp³-hybridized carbons (Fsp3) is 0.435. The highest BCUT2D eigenvalue weighted by Crippen LogP contribution is 2.45. The zero-order chi connectivity index (χ0) is 21.4. The van der Waals surface area contributed by atoms with Crippen molar-refractivity contribution in [1.29, 1.82) is 0 Å². The van der Waals surface area contributed by atoms with Crippen LogP contribution in [0.25, 0.3) is 0 Å². The average molecular weight is 416 g/mol. The van der Waals surface area contributed by atoms with Gasteiger partial charge in [-0.3, -0.25) is 4.79 Å². The molecule has 0 aromatic heterocycles. The minimum absolute atomic E-state index is 0.0305. The van der Waals surface area contributed by atoms with Gasteiger partial charge < -0.3 is 9.64 Å². The molecule has 0 bridgehead atoms. The monoisotopic (exact) mass is 415 g/mol. The fourth-order valence-electron chi connectivity index (χ4n) is 4.22. The van der Waals surface area contributed by atoms with E-state index in [2.05, 4.69) is 20.8 Å². The van der Waals surface area contributed by atoms with E-state index in [0.29, 0.717) is 23.7 Å². The van der Waals surface area contributed by atoms with Gasteiger partial charge in [-0.25, -0.2) is 8.42 Å². The number of nitrogens with zero attached hydrogens (tertiary/aromatic N) is 1. The molecule has 0 N–H and O–H groups in total. The minimum atomic E-state index is -3.11. The first kappa shape index (κ1) is 21.4. The van der Waals surface area contributed by atoms with Crippen molar-refractivity contribution in [2.24, 2.45) is 0 Å². The van der Waals surface area contributed by atoms with Gasteiger partial charge in [0.1, 0.15) is 5.75 Å². The van der Waals surface area contributed by atoms with Crippen LogP contribution in [0.1, 0.15) is 61.5 Å². The number of carbonyl (C=O) groups excluding carboxylic acids is 1. The lowest BCUT2D eigenvalue weighted by Crippen LogP contribution is -2.51. The molecule has 0 spiro atoms. The second-order valence-electron chi connectivity index (χ2n) is 8.48. The van der Waals surface area contributed by atoms with Crippen LogP contribution in [0, 0.1) is 0 Å². The van der Waals surface area contributed by atoms with E-state index in [1.54, 1.807) is 24.3 Å². The number of rotatable bonds is 5. The van der Waals surface area contributed by atoms with Crippen molar-refractivity contribution in [2.75, 3.05) is 17.8 Å². The maximum atomic E-state index is 13.5. The van der Waals surface area contributed by atoms with Gasteiger partial charge in [-0.05, 0) is 74.6 Å². The molecule has 0 saturated heterocycles. The van der Waals surface area contributed by atoms with Crippen LogP contribution in [-0.4, -0.2) is 32.7 Å². The van der Waals surface area contributed by atoms with Gasteiger partial charge in [0.25, 0.3) is 5.91 Å². The third-order valence-corrected chi connectivity index (χ3v) is 6.18. The number of hydrogen-bond acceptors (Lipinski definition) is 4. The summed E-state index contributed by atoms with van der Waals surface area (Å²) in [5, 5.41) is 0. The van der Waals surface area contributed by atoms with Crippen molar-refractivity contribution in [3.05, 3.63) is 59.2 Å². The lowest BCUT2D eigenvalue weighted by molar-refractivity contribution is 0.0953. The summed E-state index contributed by atoms with van der Waals surface area (Å²) in [5.41, 5.74) is 2.89. The van der Waals surface area contributed by atoms with Crippen LogP contribution in [0.3, 0.4) is 0 Å². The van der Waals surface area contributed by atoms with Gasteiger partial charge in [0.15, 0.2) is 9.84 Å². The van der Waals surface area contributed by atoms with Crippen LogP contribution in [0.5, 0.6) is 5.75 Å². The van der Waals surface area contributed by atoms with E-state index in [1.165, 1.54) is 6.26 Å². The van der Waals surface area contributed by atoms with Gasteiger partial charge >= 0.3 is 0 Å². The number of ether oxygens (including phenoxy) is 1. The van der Waals surface area contributed by atoms with E-state index in [1.807, 2.05) is 30.0 Å². The first-order chi connectivity index (χ1) is 13.5. The Morgan fingerprint density at radius 1 is 1.17 bits per heavy atom. The average Bonchev–Trinajstić information content (AvgIpc) is 2.61. The Balaban J connectivity index is 1.98. The molecule has 2 aromatic carbocycles. The number of hydrogen-bond donors (Lipinski definition) is 0. The van der Waals surface area contributed by atoms with Crippen LogP contribution in [0.15, 0.2) is 42.5 Å². The summed E-state index contributed by atoms with van der Waals surface area (Å²) < 4.78 is 28.7. The lowest BCUT2D eigenvalue weighted by Gasteiger charge is -2.46. The topological polar surface area (TPSA) is 63.7 Å². The van der Waals surface area contributed by atoms with Crippen molar-refractivity contribution < 1.29 is 17.9 Å². The molecule has 0 fully saturated rings. The molecular weight excluding hydrogens is 386 g/mol. The highest BCUT2D eigenvalue weighted by molar-refractivity contribution is 7.89. The van der Waals surface area contributed by atoms with Crippen molar-refractivity contribution in [3.8, 4) is 5.75 Å². The molecule has 156 valence electrons. The predicted molar refractivity (Wildman–Crippen MR) is 117 cm³/mol. The molecule has 6 heteroatoms. The molecule has 0 radical (unpaired) electrons. The zero-order valence-corrected chi connectivity index (χ0v) is 18.5. The molecule has 2 aromatic rings. The Morgan fingerprint density at radius 2 is 1.83 bits per heavy atom. The van der Waals surface area contributed by atoms with E-state index >= 15 is 0 Å². The van der Waals surface area contributed by atoms with E-state index < -0.39 is 9.84 Å². The van der Waals surface area contributed by atoms with Crippen molar-refractivity contribution >= 4 is 21.4 Å². The summed E-state index contributed by atoms with van der Waals surface area (Å²) in [7, 11) is -3.11. The van der Waals surface area contributed by atoms with Crippen molar-refractivity contribution in [2.45, 2.75) is 51.3 Å². The molecule has 1 amide bonds. The number of benzene rings is 2. The molecule has 0 saturated carbocycles. The summed E-state index contributed by atoms with van der Waals surface area (Å²) in [6, 6.07) is 12.8. The van der Waals surface area contributed by atoms with E-state index in [4.69, 9.17) is 4.74 Å². The summed E-state index contributed by atoms with van der Waals surface area (Å²) in [5.74, 6) is 1.01. The molecule has 1 aliphatic heterocycles. The number of anilines is 1. The second-order valence-corrected chi connectivity index (χ2v) is 10.6. The Bertz CT molecular complexity index is 1010. The van der Waals surface area contributed by atoms with Crippen LogP contribution >= 0.6 is 0 Å². The molecule has 1 heterocycles. The van der Waals surface area contributed by atoms with Gasteiger partial charge in [-0.15, -0.1) is 0 Å². The smallest absolute Gasteiger partial charge is 0.258 e. The summed E-state index contributed by atoms with van der Waals surface area (Å²) in [6.45, 7) is 8.89. The zero-order valence-electron chi connectivity index (χ0n) is 17.7. The van der Waals surface area contributed by atoms with Gasteiger partial charge in [0.05, 0.1) is 12.4 Å². The second kappa shape index (κ2) is 7.82. The third kappa shape index (κ3) is 4.64. The van der Waals surface area contributed by atoms with Crippen LogP contribution in [-0.2, 0) is 15.6 Å². The fourth-order valence-corrected chi connectivity index (χ4v) is 5.02. The molecule has 3 rings (SSSR count). The summed E-state index contributed by atoms with van der Waals surface area (Å²) in [6.07, 6.45) is 2.05. The van der Waals surface area contributed by atoms with Gasteiger partial charge in [0.2, 0.25) is 0 Å². The van der Waals surface area contributed by atoms with Crippen LogP contribution in [0.4, 0.5) is 5.69 Å². The lowest BCUT2D eigenvalue weighted by atomic mass is 9.79. The molecule has 1 unspecified atom stereocenters. The Hall–Kier alpha value is -2.34. The Labute approximate surface area is 173 Å². The maximum absolute atomic E-state index is 13.5. The predicted octanol–water partition coefficient (Wildman–Crippen LogP) is 4.56. The Kier molecular flexibility index (Phi) is 5.77. The van der Waals surface area contributed by atoms with E-state index in [9.17, 15) is 13.2 Å². The Morgan fingerprint density at radius 3 is 2.41 bits per heavy atom. The van der Waals surface area contributed by atoms with Crippen LogP contribution < -0.4 is 9.64 Å². The standard InChI is InChI=1S/C23H29NO4S/c1-6-28-19-11-12-21-20(13-19)16(2)14-23(3,4)24(21)22(25)18-9-7-17(8-10-18)15-29(5,26)27/h7-13,16H,6,14-15H2,1-5H3. The first-order valence-electron chi connectivity index (χ1n) is 9.90. The highest BCUT2D eigenvalue weighted by Gasteiger charge is 2.40. The van der Waals surface area contributed by atoms with Crippen LogP contribution in [0.2, 0.25) is 0 Å². The van der Waals surface area contributed by atoms with Gasteiger partial charge in [-0.1, -0.05) is 19.1 Å². The van der Waals surface area contributed by atoms with Gasteiger partial charge in [-0.2, -0.15) is 0 Å². The molecule has 1 atom stereocenters. The summed E-state index contributed by atoms with van der Waals surface area (Å²) >= 11 is 0. The molecule has 1 aliphatic rings. The van der Waals surface area contributed by atoms with Gasteiger partial charge in [0, 0.05) is 23.0 Å². The van der Waals surface area contributed by atoms with E-state index in [-0.39, 0.29) is 17.2 Å². The number of fused-ring (bicyclic) bond motifs is 1. The molecule has 5 nitrogen and oxygen atoms in total. The minimum Gasteiger partial charge on any atom is -0.494 e. The highest BCUT2D eigenvalue weighted by atomic mass is 32.2.